The Morgan fingerprint density at radius 3 is 2.59 bits per heavy atom. The largest absolute Gasteiger partial charge is 0.356 e. The van der Waals surface area contributed by atoms with Crippen LogP contribution in [-0.2, 0) is 23.2 Å². The van der Waals surface area contributed by atoms with E-state index in [-0.39, 0.29) is 29.9 Å². The number of hydrogen-bond donors (Lipinski definition) is 1. The molecule has 1 aliphatic carbocycles. The molecule has 41 heavy (non-hydrogen) atoms. The van der Waals surface area contributed by atoms with Gasteiger partial charge >= 0.3 is 5.69 Å². The molecular formula is C26H26F2N8O4S. The molecule has 1 amide bonds. The van der Waals surface area contributed by atoms with E-state index in [4.69, 9.17) is 0 Å². The molecule has 4 aromatic rings. The number of nitrogens with one attached hydrogen (secondary N) is 1. The molecule has 12 nitrogen and oxygen atoms in total. The van der Waals surface area contributed by atoms with Gasteiger partial charge in [0, 0.05) is 43.7 Å². The van der Waals surface area contributed by atoms with Crippen molar-refractivity contribution in [1.82, 2.24) is 28.7 Å². The Kier molecular flexibility index (Phi) is 6.36. The lowest BCUT2D eigenvalue weighted by atomic mass is 10.3. The maximum absolute atomic E-state index is 13.5. The zero-order valence-corrected chi connectivity index (χ0v) is 23.2. The van der Waals surface area contributed by atoms with Crippen LogP contribution < -0.4 is 21.5 Å². The van der Waals surface area contributed by atoms with Crippen LogP contribution in [-0.4, -0.2) is 59.4 Å². The fraction of sp³-hybridized carbons (Fsp3) is 0.423. The first-order valence-electron chi connectivity index (χ1n) is 13.0. The number of alkyl halides is 2. The molecule has 6 rings (SSSR count). The van der Waals surface area contributed by atoms with Crippen LogP contribution in [0, 0.1) is 11.8 Å². The van der Waals surface area contributed by atoms with Gasteiger partial charge in [0.2, 0.25) is 5.91 Å². The highest BCUT2D eigenvalue weighted by Gasteiger charge is 2.71. The fourth-order valence-electron chi connectivity index (χ4n) is 5.23. The lowest BCUT2D eigenvalue weighted by Crippen LogP contribution is -2.41. The van der Waals surface area contributed by atoms with Gasteiger partial charge in [-0.05, 0) is 19.1 Å². The Balaban J connectivity index is 1.18. The third-order valence-corrected chi connectivity index (χ3v) is 8.75. The number of carbonyl (C=O) groups excluding carboxylic acids is 2. The van der Waals surface area contributed by atoms with Crippen molar-refractivity contribution in [2.24, 2.45) is 18.9 Å². The van der Waals surface area contributed by atoms with Gasteiger partial charge in [-0.25, -0.2) is 28.5 Å². The average molecular weight is 585 g/mol. The maximum Gasteiger partial charge on any atom is 0.332 e. The van der Waals surface area contributed by atoms with Crippen LogP contribution in [0.15, 0.2) is 39.6 Å². The Bertz CT molecular complexity index is 1790. The number of aromatic nitrogens is 6. The van der Waals surface area contributed by atoms with Crippen LogP contribution in [0.4, 0.5) is 20.4 Å². The minimum Gasteiger partial charge on any atom is -0.356 e. The van der Waals surface area contributed by atoms with E-state index in [1.54, 1.807) is 31.5 Å². The van der Waals surface area contributed by atoms with E-state index in [1.165, 1.54) is 33.8 Å². The minimum absolute atomic E-state index is 0.0304. The molecule has 2 unspecified atom stereocenters. The second-order valence-electron chi connectivity index (χ2n) is 10.3. The minimum atomic E-state index is -2.55. The van der Waals surface area contributed by atoms with Gasteiger partial charge in [0.05, 0.1) is 24.7 Å². The van der Waals surface area contributed by atoms with E-state index < -0.39 is 41.0 Å². The Morgan fingerprint density at radius 2 is 1.93 bits per heavy atom. The number of carbonyl (C=O) groups is 2. The molecule has 15 heteroatoms. The highest BCUT2D eigenvalue weighted by Crippen LogP contribution is 2.59. The third kappa shape index (κ3) is 4.44. The zero-order chi connectivity index (χ0) is 29.2. The number of nitrogens with zero attached hydrogens (tertiary/aromatic N) is 7. The van der Waals surface area contributed by atoms with E-state index in [2.05, 4.69) is 20.3 Å². The van der Waals surface area contributed by atoms with Crippen LogP contribution in [0.3, 0.4) is 0 Å². The molecule has 0 aromatic carbocycles. The number of aryl methyl sites for hydroxylation is 1. The second-order valence-corrected chi connectivity index (χ2v) is 11.2. The number of halogens is 2. The van der Waals surface area contributed by atoms with Crippen LogP contribution in [0.25, 0.3) is 21.7 Å². The number of imidazole rings is 1. The van der Waals surface area contributed by atoms with Crippen LogP contribution in [0.5, 0.6) is 0 Å². The number of fused-ring (bicyclic) bond motifs is 2. The summed E-state index contributed by atoms with van der Waals surface area (Å²) in [6.07, 6.45) is 3.11. The number of ketones is 1. The van der Waals surface area contributed by atoms with Gasteiger partial charge in [0.15, 0.2) is 16.9 Å². The summed E-state index contributed by atoms with van der Waals surface area (Å²) >= 11 is 1.30. The number of piperidine rings is 1. The van der Waals surface area contributed by atoms with Crippen molar-refractivity contribution in [3.63, 3.8) is 0 Å². The Labute approximate surface area is 235 Å². The van der Waals surface area contributed by atoms with Gasteiger partial charge < -0.3 is 14.8 Å². The van der Waals surface area contributed by atoms with Crippen molar-refractivity contribution in [3.05, 3.63) is 50.9 Å². The lowest BCUT2D eigenvalue weighted by molar-refractivity contribution is -0.120. The van der Waals surface area contributed by atoms with Crippen molar-refractivity contribution in [2.75, 3.05) is 23.3 Å². The molecule has 1 aliphatic heterocycles. The number of Topliss-reactive ketones (excluding diaryl/α,β-unsaturated/α-hetero) is 1. The van der Waals surface area contributed by atoms with Gasteiger partial charge in [-0.15, -0.1) is 11.3 Å². The third-order valence-electron chi connectivity index (χ3n) is 7.86. The number of anilines is 2. The smallest absolute Gasteiger partial charge is 0.332 e. The van der Waals surface area contributed by atoms with Crippen molar-refractivity contribution < 1.29 is 18.4 Å². The van der Waals surface area contributed by atoms with Crippen molar-refractivity contribution >= 4 is 45.8 Å². The SMILES string of the molecule is CCC(=O)Cn1c(=O)c2c(ncn2[C@@H](C)C(=O)Nc2csc(-c3ccc(N4CC5C(C4)C5(F)F)nc3)n2)n(C)c1=O. The van der Waals surface area contributed by atoms with Gasteiger partial charge in [-0.2, -0.15) is 0 Å². The first-order valence-corrected chi connectivity index (χ1v) is 13.9. The molecule has 1 saturated heterocycles. The van der Waals surface area contributed by atoms with Gasteiger partial charge in [0.1, 0.15) is 22.7 Å². The average Bonchev–Trinajstić information content (AvgIpc) is 3.55. The van der Waals surface area contributed by atoms with E-state index in [0.717, 1.165) is 4.57 Å². The second kappa shape index (κ2) is 9.68. The predicted molar refractivity (Wildman–Crippen MR) is 147 cm³/mol. The van der Waals surface area contributed by atoms with Crippen LogP contribution >= 0.6 is 11.3 Å². The number of amides is 1. The molecule has 3 atom stereocenters. The molecule has 2 fully saturated rings. The highest BCUT2D eigenvalue weighted by atomic mass is 32.1. The quantitative estimate of drug-likeness (QED) is 0.333. The molecule has 2 aliphatic rings. The summed E-state index contributed by atoms with van der Waals surface area (Å²) in [4.78, 5) is 65.9. The van der Waals surface area contributed by atoms with E-state index in [0.29, 0.717) is 35.3 Å². The molecule has 1 saturated carbocycles. The number of rotatable bonds is 8. The van der Waals surface area contributed by atoms with Gasteiger partial charge in [0.25, 0.3) is 11.5 Å². The summed E-state index contributed by atoms with van der Waals surface area (Å²) in [6.45, 7) is 3.45. The monoisotopic (exact) mass is 584 g/mol. The summed E-state index contributed by atoms with van der Waals surface area (Å²) in [5.41, 5.74) is -0.517. The maximum atomic E-state index is 13.5. The van der Waals surface area contributed by atoms with Crippen LogP contribution in [0.2, 0.25) is 0 Å². The molecule has 0 radical (unpaired) electrons. The standard InChI is InChI=1S/C26H26F2N8O4S/c1-4-15(37)8-35-24(39)20-21(33(3)25(35)40)30-12-36(20)13(2)22(38)31-18-11-41-23(32-18)14-5-6-19(29-7-14)34-9-16-17(10-34)26(16,27)28/h5-7,11-13,16-17H,4,8-10H2,1-3H3,(H,31,38)/t13-,16?,17?/m0/s1. The van der Waals surface area contributed by atoms with Crippen molar-refractivity contribution in [1.29, 1.82) is 0 Å². The van der Waals surface area contributed by atoms with E-state index in [9.17, 15) is 28.0 Å². The van der Waals surface area contributed by atoms with Crippen molar-refractivity contribution in [3.8, 4) is 10.6 Å². The zero-order valence-electron chi connectivity index (χ0n) is 22.4. The topological polar surface area (TPSA) is 137 Å². The van der Waals surface area contributed by atoms with Crippen LogP contribution in [0.1, 0.15) is 26.3 Å². The molecular weight excluding hydrogens is 558 g/mol. The van der Waals surface area contributed by atoms with Crippen molar-refractivity contribution in [2.45, 2.75) is 38.8 Å². The van der Waals surface area contributed by atoms with Gasteiger partial charge in [-0.1, -0.05) is 6.92 Å². The molecule has 0 bridgehead atoms. The van der Waals surface area contributed by atoms with Gasteiger partial charge in [-0.3, -0.25) is 23.5 Å². The fourth-order valence-corrected chi connectivity index (χ4v) is 5.97. The molecule has 214 valence electrons. The first-order chi connectivity index (χ1) is 19.5. The molecule has 4 aromatic heterocycles. The first kappa shape index (κ1) is 26.9. The molecule has 0 spiro atoms. The molecule has 1 N–H and O–H groups in total. The number of thiazole rings is 1. The summed E-state index contributed by atoms with van der Waals surface area (Å²) in [5.74, 6) is -3.53. The number of pyridine rings is 1. The van der Waals surface area contributed by atoms with E-state index >= 15 is 0 Å². The normalized spacial score (nSPS) is 19.8. The predicted octanol–water partition coefficient (Wildman–Crippen LogP) is 2.30. The summed E-state index contributed by atoms with van der Waals surface area (Å²) in [7, 11) is 1.45. The summed E-state index contributed by atoms with van der Waals surface area (Å²) in [5, 5.41) is 5.02. The Morgan fingerprint density at radius 1 is 1.20 bits per heavy atom. The lowest BCUT2D eigenvalue weighted by Gasteiger charge is -2.20. The van der Waals surface area contributed by atoms with E-state index in [1.807, 2.05) is 11.0 Å². The Hall–Kier alpha value is -4.27. The molecule has 5 heterocycles. The summed E-state index contributed by atoms with van der Waals surface area (Å²) < 4.78 is 30.4. The summed E-state index contributed by atoms with van der Waals surface area (Å²) in [6, 6.07) is 2.69. The highest BCUT2D eigenvalue weighted by molar-refractivity contribution is 7.13. The number of hydrogen-bond acceptors (Lipinski definition) is 9.